The van der Waals surface area contributed by atoms with E-state index < -0.39 is 10.0 Å². The number of rotatable bonds is 3. The zero-order chi connectivity index (χ0) is 15.0. The van der Waals surface area contributed by atoms with E-state index in [0.717, 1.165) is 25.9 Å². The van der Waals surface area contributed by atoms with Crippen LogP contribution in [0, 0.1) is 0 Å². The van der Waals surface area contributed by atoms with Gasteiger partial charge in [-0.05, 0) is 37.6 Å². The van der Waals surface area contributed by atoms with Crippen molar-refractivity contribution in [2.75, 3.05) is 39.0 Å². The molecule has 1 atom stereocenters. The van der Waals surface area contributed by atoms with Gasteiger partial charge < -0.3 is 10.5 Å². The summed E-state index contributed by atoms with van der Waals surface area (Å²) in [6, 6.07) is 5.01. The monoisotopic (exact) mass is 311 g/mol. The van der Waals surface area contributed by atoms with Gasteiger partial charge in [0, 0.05) is 25.7 Å². The Balaban J connectivity index is 1.85. The van der Waals surface area contributed by atoms with Crippen molar-refractivity contribution in [1.82, 2.24) is 9.21 Å². The first kappa shape index (κ1) is 14.6. The van der Waals surface area contributed by atoms with Gasteiger partial charge in [0.2, 0.25) is 10.0 Å². The Labute approximate surface area is 125 Å². The van der Waals surface area contributed by atoms with Crippen LogP contribution in [0.5, 0.6) is 5.75 Å². The van der Waals surface area contributed by atoms with E-state index >= 15 is 0 Å². The molecule has 2 heterocycles. The van der Waals surface area contributed by atoms with Crippen LogP contribution in [0.3, 0.4) is 0 Å². The molecule has 2 saturated heterocycles. The molecular formula is C14H21N3O3S. The van der Waals surface area contributed by atoms with Gasteiger partial charge in [0.1, 0.15) is 5.75 Å². The summed E-state index contributed by atoms with van der Waals surface area (Å²) in [4.78, 5) is 2.63. The summed E-state index contributed by atoms with van der Waals surface area (Å²) in [7, 11) is -1.96. The molecule has 2 N–H and O–H groups in total. The van der Waals surface area contributed by atoms with Gasteiger partial charge in [-0.15, -0.1) is 0 Å². The number of anilines is 1. The van der Waals surface area contributed by atoms with Crippen LogP contribution in [0.15, 0.2) is 23.1 Å². The van der Waals surface area contributed by atoms with Gasteiger partial charge in [-0.25, -0.2) is 8.42 Å². The van der Waals surface area contributed by atoms with Gasteiger partial charge in [0.25, 0.3) is 0 Å². The standard InChI is InChI=1S/C14H21N3O3S/c1-20-14-5-4-12(9-13(14)15)21(18,19)17-8-7-16-6-2-3-11(16)10-17/h4-5,9,11H,2-3,6-8,10,15H2,1H3. The van der Waals surface area contributed by atoms with E-state index in [1.54, 1.807) is 16.4 Å². The summed E-state index contributed by atoms with van der Waals surface area (Å²) in [6.45, 7) is 3.03. The highest BCUT2D eigenvalue weighted by Gasteiger charge is 2.36. The Bertz CT molecular complexity index is 632. The maximum absolute atomic E-state index is 12.7. The SMILES string of the molecule is COc1ccc(S(=O)(=O)N2CCN3CCCC3C2)cc1N. The highest BCUT2D eigenvalue weighted by molar-refractivity contribution is 7.89. The van der Waals surface area contributed by atoms with Crippen molar-refractivity contribution in [3.05, 3.63) is 18.2 Å². The van der Waals surface area contributed by atoms with E-state index in [4.69, 9.17) is 10.5 Å². The second-order valence-corrected chi connectivity index (χ2v) is 7.54. The Morgan fingerprint density at radius 2 is 2.10 bits per heavy atom. The number of methoxy groups -OCH3 is 1. The van der Waals surface area contributed by atoms with E-state index in [2.05, 4.69) is 4.90 Å². The Kier molecular flexibility index (Phi) is 3.81. The van der Waals surface area contributed by atoms with E-state index in [9.17, 15) is 8.42 Å². The molecule has 0 amide bonds. The first-order valence-electron chi connectivity index (χ1n) is 7.20. The molecule has 3 rings (SSSR count). The summed E-state index contributed by atoms with van der Waals surface area (Å²) < 4.78 is 32.1. The van der Waals surface area contributed by atoms with Gasteiger partial charge in [-0.1, -0.05) is 0 Å². The van der Waals surface area contributed by atoms with Crippen molar-refractivity contribution < 1.29 is 13.2 Å². The van der Waals surface area contributed by atoms with Crippen molar-refractivity contribution in [1.29, 1.82) is 0 Å². The van der Waals surface area contributed by atoms with E-state index in [0.29, 0.717) is 30.6 Å². The molecule has 2 aliphatic heterocycles. The Hall–Kier alpha value is -1.31. The lowest BCUT2D eigenvalue weighted by Gasteiger charge is -2.36. The van der Waals surface area contributed by atoms with Crippen LogP contribution in [-0.2, 0) is 10.0 Å². The smallest absolute Gasteiger partial charge is 0.243 e. The summed E-state index contributed by atoms with van der Waals surface area (Å²) in [6.07, 6.45) is 2.24. The van der Waals surface area contributed by atoms with E-state index in [1.807, 2.05) is 0 Å². The van der Waals surface area contributed by atoms with Gasteiger partial charge in [0.15, 0.2) is 0 Å². The molecule has 1 unspecified atom stereocenters. The highest BCUT2D eigenvalue weighted by Crippen LogP contribution is 2.29. The van der Waals surface area contributed by atoms with Gasteiger partial charge in [0.05, 0.1) is 17.7 Å². The molecule has 6 nitrogen and oxygen atoms in total. The molecule has 1 aromatic carbocycles. The molecule has 0 saturated carbocycles. The number of benzene rings is 1. The molecular weight excluding hydrogens is 290 g/mol. The number of nitrogens with zero attached hydrogens (tertiary/aromatic N) is 2. The molecule has 2 fully saturated rings. The molecule has 2 aliphatic rings. The van der Waals surface area contributed by atoms with Gasteiger partial charge >= 0.3 is 0 Å². The van der Waals surface area contributed by atoms with Crippen molar-refractivity contribution in [3.63, 3.8) is 0 Å². The maximum Gasteiger partial charge on any atom is 0.243 e. The number of fused-ring (bicyclic) bond motifs is 1. The number of hydrogen-bond acceptors (Lipinski definition) is 5. The second-order valence-electron chi connectivity index (χ2n) is 5.60. The third-order valence-electron chi connectivity index (χ3n) is 4.39. The first-order chi connectivity index (χ1) is 10.0. The van der Waals surface area contributed by atoms with Crippen LogP contribution in [0.4, 0.5) is 5.69 Å². The highest BCUT2D eigenvalue weighted by atomic mass is 32.2. The molecule has 0 aliphatic carbocycles. The van der Waals surface area contributed by atoms with Crippen LogP contribution in [0.1, 0.15) is 12.8 Å². The molecule has 7 heteroatoms. The Morgan fingerprint density at radius 1 is 1.29 bits per heavy atom. The molecule has 21 heavy (non-hydrogen) atoms. The van der Waals surface area contributed by atoms with Gasteiger partial charge in [-0.2, -0.15) is 4.31 Å². The third kappa shape index (κ3) is 2.61. The fraction of sp³-hybridized carbons (Fsp3) is 0.571. The van der Waals surface area contributed by atoms with Crippen LogP contribution < -0.4 is 10.5 Å². The molecule has 0 bridgehead atoms. The lowest BCUT2D eigenvalue weighted by Crippen LogP contribution is -2.51. The topological polar surface area (TPSA) is 75.9 Å². The average molecular weight is 311 g/mol. The third-order valence-corrected chi connectivity index (χ3v) is 6.25. The largest absolute Gasteiger partial charge is 0.495 e. The summed E-state index contributed by atoms with van der Waals surface area (Å²) >= 11 is 0. The van der Waals surface area contributed by atoms with Crippen LogP contribution >= 0.6 is 0 Å². The number of ether oxygens (including phenoxy) is 1. The number of hydrogen-bond donors (Lipinski definition) is 1. The zero-order valence-electron chi connectivity index (χ0n) is 12.2. The summed E-state index contributed by atoms with van der Waals surface area (Å²) in [5.74, 6) is 0.495. The molecule has 0 radical (unpaired) electrons. The molecule has 116 valence electrons. The van der Waals surface area contributed by atoms with Crippen LogP contribution in [0.25, 0.3) is 0 Å². The lowest BCUT2D eigenvalue weighted by atomic mass is 10.2. The summed E-state index contributed by atoms with van der Waals surface area (Å²) in [5.41, 5.74) is 6.17. The van der Waals surface area contributed by atoms with Crippen molar-refractivity contribution in [2.45, 2.75) is 23.8 Å². The number of nitrogen functional groups attached to an aromatic ring is 1. The maximum atomic E-state index is 12.7. The minimum atomic E-state index is -3.48. The average Bonchev–Trinajstić information content (AvgIpc) is 2.94. The minimum absolute atomic E-state index is 0.243. The minimum Gasteiger partial charge on any atom is -0.495 e. The van der Waals surface area contributed by atoms with Crippen molar-refractivity contribution in [3.8, 4) is 5.75 Å². The van der Waals surface area contributed by atoms with Crippen LogP contribution in [-0.4, -0.2) is 57.0 Å². The fourth-order valence-corrected chi connectivity index (χ4v) is 4.71. The second kappa shape index (κ2) is 5.47. The Morgan fingerprint density at radius 3 is 2.81 bits per heavy atom. The summed E-state index contributed by atoms with van der Waals surface area (Å²) in [5, 5.41) is 0. The predicted molar refractivity (Wildman–Crippen MR) is 80.8 cm³/mol. The zero-order valence-corrected chi connectivity index (χ0v) is 13.0. The van der Waals surface area contributed by atoms with Gasteiger partial charge in [-0.3, -0.25) is 4.90 Å². The predicted octanol–water partition coefficient (Wildman–Crippen LogP) is 0.746. The van der Waals surface area contributed by atoms with E-state index in [1.165, 1.54) is 13.2 Å². The number of piperazine rings is 1. The molecule has 0 spiro atoms. The molecule has 0 aromatic heterocycles. The van der Waals surface area contributed by atoms with Crippen LogP contribution in [0.2, 0.25) is 0 Å². The molecule has 1 aromatic rings. The fourth-order valence-electron chi connectivity index (χ4n) is 3.20. The first-order valence-corrected chi connectivity index (χ1v) is 8.64. The van der Waals surface area contributed by atoms with Crippen molar-refractivity contribution in [2.24, 2.45) is 0 Å². The lowest BCUT2D eigenvalue weighted by molar-refractivity contribution is 0.158. The number of nitrogens with two attached hydrogens (primary N) is 1. The van der Waals surface area contributed by atoms with Crippen molar-refractivity contribution >= 4 is 15.7 Å². The normalized spacial score (nSPS) is 24.0. The number of sulfonamides is 1. The quantitative estimate of drug-likeness (QED) is 0.834. The van der Waals surface area contributed by atoms with E-state index in [-0.39, 0.29) is 4.90 Å².